The molecule has 5 nitrogen and oxygen atoms in total. The number of urea groups is 1. The van der Waals surface area contributed by atoms with Crippen LogP contribution < -0.4 is 5.32 Å². The van der Waals surface area contributed by atoms with E-state index in [1.807, 2.05) is 6.92 Å². The molecule has 1 saturated heterocycles. The van der Waals surface area contributed by atoms with Crippen molar-refractivity contribution in [2.45, 2.75) is 39.2 Å². The van der Waals surface area contributed by atoms with E-state index in [2.05, 4.69) is 12.2 Å². The second kappa shape index (κ2) is 5.94. The Morgan fingerprint density at radius 3 is 2.85 bits per heavy atom. The summed E-state index contributed by atoms with van der Waals surface area (Å²) in [5, 5.41) is 11.9. The third-order valence-corrected chi connectivity index (χ3v) is 3.76. The second-order valence-corrected chi connectivity index (χ2v) is 5.18. The molecule has 2 amide bonds. The van der Waals surface area contributed by atoms with Gasteiger partial charge in [-0.25, -0.2) is 9.59 Å². The van der Waals surface area contributed by atoms with Crippen molar-refractivity contribution in [3.05, 3.63) is 29.3 Å². The molecule has 0 aromatic heterocycles. The largest absolute Gasteiger partial charge is 0.478 e. The lowest BCUT2D eigenvalue weighted by Gasteiger charge is -2.24. The molecule has 1 heterocycles. The van der Waals surface area contributed by atoms with Crippen LogP contribution >= 0.6 is 0 Å². The van der Waals surface area contributed by atoms with Crippen LogP contribution in [0.5, 0.6) is 0 Å². The zero-order valence-corrected chi connectivity index (χ0v) is 11.8. The fraction of sp³-hybridized carbons (Fsp3) is 0.467. The molecule has 2 N–H and O–H groups in total. The number of carbonyl (C=O) groups is 2. The van der Waals surface area contributed by atoms with Crippen molar-refractivity contribution in [3.8, 4) is 0 Å². The zero-order valence-electron chi connectivity index (χ0n) is 11.8. The number of likely N-dealkylation sites (tertiary alicyclic amines) is 1. The van der Waals surface area contributed by atoms with Gasteiger partial charge in [-0.2, -0.15) is 0 Å². The number of nitrogens with one attached hydrogen (secondary N) is 1. The quantitative estimate of drug-likeness (QED) is 0.891. The summed E-state index contributed by atoms with van der Waals surface area (Å²) in [7, 11) is 0. The van der Waals surface area contributed by atoms with E-state index in [0.29, 0.717) is 5.69 Å². The normalized spacial score (nSPS) is 18.1. The number of carbonyl (C=O) groups excluding carboxylic acids is 1. The fourth-order valence-corrected chi connectivity index (χ4v) is 2.66. The van der Waals surface area contributed by atoms with Crippen molar-refractivity contribution in [1.82, 2.24) is 4.90 Å². The molecule has 1 aliphatic rings. The smallest absolute Gasteiger partial charge is 0.337 e. The molecule has 1 aromatic rings. The first-order valence-electron chi connectivity index (χ1n) is 6.94. The highest BCUT2D eigenvalue weighted by atomic mass is 16.4. The first-order chi connectivity index (χ1) is 9.52. The van der Waals surface area contributed by atoms with Crippen LogP contribution in [0.3, 0.4) is 0 Å². The number of aromatic carboxylic acids is 1. The lowest BCUT2D eigenvalue weighted by atomic mass is 10.1. The molecule has 1 aromatic carbocycles. The predicted octanol–water partition coefficient (Wildman–Crippen LogP) is 3.10. The molecule has 1 unspecified atom stereocenters. The van der Waals surface area contributed by atoms with Crippen molar-refractivity contribution in [3.63, 3.8) is 0 Å². The fourth-order valence-electron chi connectivity index (χ4n) is 2.66. The number of anilines is 1. The van der Waals surface area contributed by atoms with Crippen LogP contribution in [-0.4, -0.2) is 34.6 Å². The van der Waals surface area contributed by atoms with Crippen molar-refractivity contribution < 1.29 is 14.7 Å². The van der Waals surface area contributed by atoms with Gasteiger partial charge in [0.25, 0.3) is 0 Å². The SMILES string of the molecule is CCC1CCCN1C(=O)Nc1ccc(C)cc1C(=O)O. The van der Waals surface area contributed by atoms with E-state index in [1.54, 1.807) is 23.1 Å². The van der Waals surface area contributed by atoms with Crippen molar-refractivity contribution in [1.29, 1.82) is 0 Å². The maximum absolute atomic E-state index is 12.3. The molecular weight excluding hydrogens is 256 g/mol. The average molecular weight is 276 g/mol. The van der Waals surface area contributed by atoms with Crippen LogP contribution in [0.2, 0.25) is 0 Å². The van der Waals surface area contributed by atoms with E-state index >= 15 is 0 Å². The standard InChI is InChI=1S/C15H20N2O3/c1-3-11-5-4-8-17(11)15(20)16-13-7-6-10(2)9-12(13)14(18)19/h6-7,9,11H,3-5,8H2,1-2H3,(H,16,20)(H,18,19). The number of rotatable bonds is 3. The molecule has 5 heteroatoms. The third-order valence-electron chi connectivity index (χ3n) is 3.76. The first kappa shape index (κ1) is 14.4. The van der Waals surface area contributed by atoms with E-state index in [-0.39, 0.29) is 17.6 Å². The molecule has 0 aliphatic carbocycles. The Hall–Kier alpha value is -2.04. The number of hydrogen-bond donors (Lipinski definition) is 2. The molecule has 1 atom stereocenters. The van der Waals surface area contributed by atoms with Crippen LogP contribution in [0.15, 0.2) is 18.2 Å². The molecule has 0 saturated carbocycles. The summed E-state index contributed by atoms with van der Waals surface area (Å²) in [6, 6.07) is 5.06. The van der Waals surface area contributed by atoms with Crippen molar-refractivity contribution in [2.24, 2.45) is 0 Å². The van der Waals surface area contributed by atoms with Crippen LogP contribution in [0.1, 0.15) is 42.1 Å². The molecule has 1 aliphatic heterocycles. The first-order valence-corrected chi connectivity index (χ1v) is 6.94. The van der Waals surface area contributed by atoms with Gasteiger partial charge >= 0.3 is 12.0 Å². The van der Waals surface area contributed by atoms with Gasteiger partial charge in [0.1, 0.15) is 0 Å². The van der Waals surface area contributed by atoms with E-state index in [9.17, 15) is 14.7 Å². The Morgan fingerprint density at radius 2 is 2.20 bits per heavy atom. The van der Waals surface area contributed by atoms with Gasteiger partial charge in [-0.05, 0) is 38.3 Å². The van der Waals surface area contributed by atoms with Gasteiger partial charge in [0.15, 0.2) is 0 Å². The molecule has 20 heavy (non-hydrogen) atoms. The van der Waals surface area contributed by atoms with E-state index < -0.39 is 5.97 Å². The predicted molar refractivity (Wildman–Crippen MR) is 77.2 cm³/mol. The van der Waals surface area contributed by atoms with E-state index in [1.165, 1.54) is 0 Å². The lowest BCUT2D eigenvalue weighted by molar-refractivity contribution is 0.0698. The molecular formula is C15H20N2O3. The summed E-state index contributed by atoms with van der Waals surface area (Å²) in [5.74, 6) is -1.03. The van der Waals surface area contributed by atoms with Crippen LogP contribution in [0.25, 0.3) is 0 Å². The maximum Gasteiger partial charge on any atom is 0.337 e. The second-order valence-electron chi connectivity index (χ2n) is 5.18. The zero-order chi connectivity index (χ0) is 14.7. The number of amides is 2. The Morgan fingerprint density at radius 1 is 1.45 bits per heavy atom. The number of aryl methyl sites for hydroxylation is 1. The summed E-state index contributed by atoms with van der Waals surface area (Å²) in [6.07, 6.45) is 2.95. The minimum atomic E-state index is -1.03. The topological polar surface area (TPSA) is 69.6 Å². The molecule has 1 fully saturated rings. The minimum absolute atomic E-state index is 0.130. The average Bonchev–Trinajstić information content (AvgIpc) is 2.89. The third kappa shape index (κ3) is 2.92. The Balaban J connectivity index is 2.17. The Kier molecular flexibility index (Phi) is 4.27. The summed E-state index contributed by atoms with van der Waals surface area (Å²) in [5.41, 5.74) is 1.34. The Bertz CT molecular complexity index is 528. The highest BCUT2D eigenvalue weighted by Gasteiger charge is 2.27. The Labute approximate surface area is 118 Å². The highest BCUT2D eigenvalue weighted by molar-refractivity contribution is 6.00. The minimum Gasteiger partial charge on any atom is -0.478 e. The van der Waals surface area contributed by atoms with Crippen molar-refractivity contribution in [2.75, 3.05) is 11.9 Å². The van der Waals surface area contributed by atoms with Crippen LogP contribution in [0.4, 0.5) is 10.5 Å². The molecule has 0 radical (unpaired) electrons. The van der Waals surface area contributed by atoms with E-state index in [0.717, 1.165) is 31.4 Å². The number of carboxylic acid groups (broad SMARTS) is 1. The summed E-state index contributed by atoms with van der Waals surface area (Å²) >= 11 is 0. The molecule has 0 spiro atoms. The van der Waals surface area contributed by atoms with Crippen molar-refractivity contribution >= 4 is 17.7 Å². The summed E-state index contributed by atoms with van der Waals surface area (Å²) in [4.78, 5) is 25.3. The number of nitrogens with zero attached hydrogens (tertiary/aromatic N) is 1. The number of carboxylic acids is 1. The highest BCUT2D eigenvalue weighted by Crippen LogP contribution is 2.23. The number of benzene rings is 1. The maximum atomic E-state index is 12.3. The van der Waals surface area contributed by atoms with Gasteiger partial charge < -0.3 is 15.3 Å². The van der Waals surface area contributed by atoms with Crippen LogP contribution in [-0.2, 0) is 0 Å². The van der Waals surface area contributed by atoms with Gasteiger partial charge in [0.2, 0.25) is 0 Å². The number of hydrogen-bond acceptors (Lipinski definition) is 2. The molecule has 2 rings (SSSR count). The lowest BCUT2D eigenvalue weighted by Crippen LogP contribution is -2.38. The molecule has 108 valence electrons. The monoisotopic (exact) mass is 276 g/mol. The summed E-state index contributed by atoms with van der Waals surface area (Å²) in [6.45, 7) is 4.62. The van der Waals surface area contributed by atoms with E-state index in [4.69, 9.17) is 0 Å². The van der Waals surface area contributed by atoms with Gasteiger partial charge in [-0.15, -0.1) is 0 Å². The van der Waals surface area contributed by atoms with Gasteiger partial charge in [-0.3, -0.25) is 0 Å². The van der Waals surface area contributed by atoms with Gasteiger partial charge in [-0.1, -0.05) is 18.6 Å². The molecule has 0 bridgehead atoms. The van der Waals surface area contributed by atoms with Crippen LogP contribution in [0, 0.1) is 6.92 Å². The van der Waals surface area contributed by atoms with Gasteiger partial charge in [0.05, 0.1) is 11.3 Å². The van der Waals surface area contributed by atoms with Gasteiger partial charge in [0, 0.05) is 12.6 Å². The summed E-state index contributed by atoms with van der Waals surface area (Å²) < 4.78 is 0.